The molecule has 0 heterocycles. The highest BCUT2D eigenvalue weighted by atomic mass is 14.3. The van der Waals surface area contributed by atoms with Crippen LogP contribution in [0.15, 0.2) is 0 Å². The maximum absolute atomic E-state index is 4.05. The Morgan fingerprint density at radius 1 is 1.36 bits per heavy atom. The van der Waals surface area contributed by atoms with Gasteiger partial charge in [-0.15, -0.1) is 0 Å². The van der Waals surface area contributed by atoms with E-state index in [4.69, 9.17) is 0 Å². The molecule has 0 aliphatic carbocycles. The van der Waals surface area contributed by atoms with Gasteiger partial charge in [-0.1, -0.05) is 47.5 Å². The van der Waals surface area contributed by atoms with Crippen molar-refractivity contribution in [3.63, 3.8) is 0 Å². The molecule has 0 amide bonds. The molecule has 1 radical (unpaired) electrons. The van der Waals surface area contributed by atoms with Crippen molar-refractivity contribution in [2.75, 3.05) is 0 Å². The summed E-state index contributed by atoms with van der Waals surface area (Å²) >= 11 is 0. The molecule has 0 aromatic carbocycles. The number of hydrogen-bond acceptors (Lipinski definition) is 0. The van der Waals surface area contributed by atoms with Gasteiger partial charge in [-0.05, 0) is 24.2 Å². The average molecular weight is 155 g/mol. The molecule has 11 heavy (non-hydrogen) atoms. The SMILES string of the molecule is [CH2]C(C)CC(C)(CC)CCC. The van der Waals surface area contributed by atoms with Crippen LogP contribution in [-0.4, -0.2) is 0 Å². The predicted octanol–water partition coefficient (Wildman–Crippen LogP) is 4.06. The van der Waals surface area contributed by atoms with E-state index < -0.39 is 0 Å². The maximum atomic E-state index is 4.05. The lowest BCUT2D eigenvalue weighted by Crippen LogP contribution is -2.17. The molecule has 67 valence electrons. The highest BCUT2D eigenvalue weighted by Crippen LogP contribution is 2.34. The van der Waals surface area contributed by atoms with Gasteiger partial charge in [0.25, 0.3) is 0 Å². The van der Waals surface area contributed by atoms with Gasteiger partial charge in [-0.2, -0.15) is 0 Å². The van der Waals surface area contributed by atoms with E-state index >= 15 is 0 Å². The van der Waals surface area contributed by atoms with Gasteiger partial charge < -0.3 is 0 Å². The zero-order valence-electron chi connectivity index (χ0n) is 8.61. The van der Waals surface area contributed by atoms with Crippen molar-refractivity contribution in [2.24, 2.45) is 11.3 Å². The molecule has 0 spiro atoms. The molecular weight excluding hydrogens is 132 g/mol. The molecule has 0 saturated heterocycles. The standard InChI is InChI=1S/C11H23/c1-6-8-11(5,7-2)9-10(3)4/h10H,3,6-9H2,1-2,4-5H3. The number of hydrogen-bond donors (Lipinski definition) is 0. The summed E-state index contributed by atoms with van der Waals surface area (Å²) in [6, 6.07) is 0. The van der Waals surface area contributed by atoms with Crippen LogP contribution >= 0.6 is 0 Å². The van der Waals surface area contributed by atoms with Crippen molar-refractivity contribution in [1.29, 1.82) is 0 Å². The summed E-state index contributed by atoms with van der Waals surface area (Å²) in [5.74, 6) is 0.603. The first kappa shape index (κ1) is 11.0. The Morgan fingerprint density at radius 2 is 1.91 bits per heavy atom. The first-order valence-electron chi connectivity index (χ1n) is 4.87. The van der Waals surface area contributed by atoms with Gasteiger partial charge in [0.2, 0.25) is 0 Å². The highest BCUT2D eigenvalue weighted by Gasteiger charge is 2.21. The van der Waals surface area contributed by atoms with Crippen molar-refractivity contribution in [3.05, 3.63) is 6.92 Å². The quantitative estimate of drug-likeness (QED) is 0.561. The van der Waals surface area contributed by atoms with Crippen molar-refractivity contribution < 1.29 is 0 Å². The Balaban J connectivity index is 3.87. The largest absolute Gasteiger partial charge is 0.0654 e. The smallest absolute Gasteiger partial charge is 0.0326 e. The molecule has 0 bridgehead atoms. The summed E-state index contributed by atoms with van der Waals surface area (Å²) in [6.07, 6.45) is 5.22. The van der Waals surface area contributed by atoms with Gasteiger partial charge in [-0.3, -0.25) is 0 Å². The summed E-state index contributed by atoms with van der Waals surface area (Å²) in [7, 11) is 0. The van der Waals surface area contributed by atoms with Gasteiger partial charge in [-0.25, -0.2) is 0 Å². The molecule has 0 heteroatoms. The van der Waals surface area contributed by atoms with Crippen LogP contribution < -0.4 is 0 Å². The molecule has 0 aromatic heterocycles. The van der Waals surface area contributed by atoms with Gasteiger partial charge >= 0.3 is 0 Å². The van der Waals surface area contributed by atoms with E-state index in [1.165, 1.54) is 25.7 Å². The van der Waals surface area contributed by atoms with E-state index in [0.29, 0.717) is 11.3 Å². The second-order valence-electron chi connectivity index (χ2n) is 4.22. The van der Waals surface area contributed by atoms with Gasteiger partial charge in [0.1, 0.15) is 0 Å². The van der Waals surface area contributed by atoms with E-state index in [-0.39, 0.29) is 0 Å². The third-order valence-electron chi connectivity index (χ3n) is 2.55. The van der Waals surface area contributed by atoms with E-state index in [1.807, 2.05) is 0 Å². The van der Waals surface area contributed by atoms with Crippen LogP contribution in [0.1, 0.15) is 53.4 Å². The van der Waals surface area contributed by atoms with E-state index in [9.17, 15) is 0 Å². The second kappa shape index (κ2) is 4.79. The second-order valence-corrected chi connectivity index (χ2v) is 4.22. The maximum Gasteiger partial charge on any atom is -0.0326 e. The summed E-state index contributed by atoms with van der Waals surface area (Å²) < 4.78 is 0. The average Bonchev–Trinajstić information content (AvgIpc) is 1.87. The van der Waals surface area contributed by atoms with Crippen LogP contribution in [-0.2, 0) is 0 Å². The summed E-state index contributed by atoms with van der Waals surface area (Å²) in [5.41, 5.74) is 0.552. The van der Waals surface area contributed by atoms with E-state index in [1.54, 1.807) is 0 Å². The zero-order chi connectivity index (χ0) is 8.91. The molecule has 0 rings (SSSR count). The molecule has 0 saturated carbocycles. The minimum atomic E-state index is 0.552. The third-order valence-corrected chi connectivity index (χ3v) is 2.55. The van der Waals surface area contributed by atoms with Crippen molar-refractivity contribution in [3.8, 4) is 0 Å². The molecular formula is C11H23. The van der Waals surface area contributed by atoms with Crippen LogP contribution in [0.2, 0.25) is 0 Å². The number of rotatable bonds is 5. The van der Waals surface area contributed by atoms with Gasteiger partial charge in [0, 0.05) is 0 Å². The summed E-state index contributed by atoms with van der Waals surface area (Å²) in [4.78, 5) is 0. The first-order chi connectivity index (χ1) is 5.04. The Kier molecular flexibility index (Phi) is 4.79. The Labute approximate surface area is 72.4 Å². The first-order valence-corrected chi connectivity index (χ1v) is 4.87. The normalized spacial score (nSPS) is 16.9. The summed E-state index contributed by atoms with van der Waals surface area (Å²) in [5, 5.41) is 0. The fourth-order valence-electron chi connectivity index (χ4n) is 1.87. The third kappa shape index (κ3) is 4.44. The molecule has 0 aliphatic heterocycles. The highest BCUT2D eigenvalue weighted by molar-refractivity contribution is 4.75. The van der Waals surface area contributed by atoms with Crippen LogP contribution in [0.5, 0.6) is 0 Å². The lowest BCUT2D eigenvalue weighted by atomic mass is 9.76. The Bertz CT molecular complexity index is 94.2. The molecule has 0 nitrogen and oxygen atoms in total. The van der Waals surface area contributed by atoms with Crippen LogP contribution in [0.4, 0.5) is 0 Å². The fourth-order valence-corrected chi connectivity index (χ4v) is 1.87. The topological polar surface area (TPSA) is 0 Å². The molecule has 0 N–H and O–H groups in total. The van der Waals surface area contributed by atoms with Crippen molar-refractivity contribution in [2.45, 2.75) is 53.4 Å². The monoisotopic (exact) mass is 155 g/mol. The minimum absolute atomic E-state index is 0.552. The zero-order valence-corrected chi connectivity index (χ0v) is 8.61. The minimum Gasteiger partial charge on any atom is -0.0654 e. The molecule has 0 aromatic rings. The van der Waals surface area contributed by atoms with E-state index in [2.05, 4.69) is 34.6 Å². The summed E-state index contributed by atoms with van der Waals surface area (Å²) in [6.45, 7) is 13.2. The van der Waals surface area contributed by atoms with Crippen molar-refractivity contribution in [1.82, 2.24) is 0 Å². The van der Waals surface area contributed by atoms with Gasteiger partial charge in [0.15, 0.2) is 0 Å². The Hall–Kier alpha value is 0. The van der Waals surface area contributed by atoms with Gasteiger partial charge in [0.05, 0.1) is 0 Å². The molecule has 2 unspecified atom stereocenters. The Morgan fingerprint density at radius 3 is 2.18 bits per heavy atom. The molecule has 2 atom stereocenters. The van der Waals surface area contributed by atoms with Crippen LogP contribution in [0, 0.1) is 18.3 Å². The predicted molar refractivity (Wildman–Crippen MR) is 52.4 cm³/mol. The van der Waals surface area contributed by atoms with Crippen LogP contribution in [0.3, 0.4) is 0 Å². The molecule has 0 fully saturated rings. The van der Waals surface area contributed by atoms with Crippen LogP contribution in [0.25, 0.3) is 0 Å². The lowest BCUT2D eigenvalue weighted by Gasteiger charge is -2.29. The van der Waals surface area contributed by atoms with E-state index in [0.717, 1.165) is 0 Å². The molecule has 0 aliphatic rings. The van der Waals surface area contributed by atoms with Crippen molar-refractivity contribution >= 4 is 0 Å². The fraction of sp³-hybridized carbons (Fsp3) is 0.909. The lowest BCUT2D eigenvalue weighted by molar-refractivity contribution is 0.233.